The molecule has 0 unspecified atom stereocenters. The summed E-state index contributed by atoms with van der Waals surface area (Å²) in [7, 11) is 0. The number of morpholine rings is 1. The van der Waals surface area contributed by atoms with Crippen LogP contribution in [0.25, 0.3) is 0 Å². The van der Waals surface area contributed by atoms with Crippen molar-refractivity contribution in [2.24, 2.45) is 0 Å². The molecule has 1 heterocycles. The highest BCUT2D eigenvalue weighted by Gasteiger charge is 2.15. The third-order valence-corrected chi connectivity index (χ3v) is 5.14. The van der Waals surface area contributed by atoms with Crippen molar-refractivity contribution in [3.63, 3.8) is 0 Å². The van der Waals surface area contributed by atoms with E-state index in [0.717, 1.165) is 40.5 Å². The second kappa shape index (κ2) is 8.97. The van der Waals surface area contributed by atoms with Crippen molar-refractivity contribution in [3.8, 4) is 5.75 Å². The Bertz CT molecular complexity index is 815. The number of nitrogens with one attached hydrogen (secondary N) is 1. The van der Waals surface area contributed by atoms with Gasteiger partial charge in [0.15, 0.2) is 6.61 Å². The summed E-state index contributed by atoms with van der Waals surface area (Å²) < 4.78 is 11.0. The average molecular weight is 385 g/mol. The average Bonchev–Trinajstić information content (AvgIpc) is 2.70. The van der Waals surface area contributed by atoms with Crippen LogP contribution in [0.15, 0.2) is 42.5 Å². The van der Waals surface area contributed by atoms with Crippen LogP contribution in [0.4, 0.5) is 5.69 Å². The van der Waals surface area contributed by atoms with Crippen molar-refractivity contribution in [3.05, 3.63) is 59.2 Å². The highest BCUT2D eigenvalue weighted by Crippen LogP contribution is 2.18. The molecular formula is C21H24N2O3S. The van der Waals surface area contributed by atoms with E-state index < -0.39 is 0 Å². The molecule has 142 valence electrons. The maximum Gasteiger partial charge on any atom is 0.262 e. The van der Waals surface area contributed by atoms with E-state index in [-0.39, 0.29) is 12.5 Å². The van der Waals surface area contributed by atoms with Gasteiger partial charge in [0, 0.05) is 24.3 Å². The quantitative estimate of drug-likeness (QED) is 0.802. The fourth-order valence-electron chi connectivity index (χ4n) is 2.86. The van der Waals surface area contributed by atoms with Gasteiger partial charge in [-0.3, -0.25) is 4.79 Å². The minimum atomic E-state index is -0.184. The van der Waals surface area contributed by atoms with Crippen molar-refractivity contribution in [1.82, 2.24) is 4.90 Å². The lowest BCUT2D eigenvalue weighted by atomic mass is 10.1. The number of aryl methyl sites for hydroxylation is 1. The van der Waals surface area contributed by atoms with E-state index in [9.17, 15) is 4.79 Å². The Kier molecular flexibility index (Phi) is 6.42. The molecule has 0 spiro atoms. The van der Waals surface area contributed by atoms with Crippen LogP contribution in [0.2, 0.25) is 0 Å². The predicted octanol–water partition coefficient (Wildman–Crippen LogP) is 3.33. The summed E-state index contributed by atoms with van der Waals surface area (Å²) >= 11 is 5.55. The van der Waals surface area contributed by atoms with E-state index in [1.807, 2.05) is 56.3 Å². The van der Waals surface area contributed by atoms with Gasteiger partial charge < -0.3 is 19.7 Å². The molecule has 3 rings (SSSR count). The molecule has 0 radical (unpaired) electrons. The first-order valence-corrected chi connectivity index (χ1v) is 9.41. The van der Waals surface area contributed by atoms with E-state index in [1.54, 1.807) is 0 Å². The van der Waals surface area contributed by atoms with Gasteiger partial charge in [0.05, 0.1) is 13.2 Å². The molecule has 6 heteroatoms. The summed E-state index contributed by atoms with van der Waals surface area (Å²) in [5.74, 6) is 0.455. The van der Waals surface area contributed by atoms with E-state index in [1.165, 1.54) is 0 Å². The number of anilines is 1. The summed E-state index contributed by atoms with van der Waals surface area (Å²) in [4.78, 5) is 15.1. The first-order chi connectivity index (χ1) is 13.0. The van der Waals surface area contributed by atoms with Gasteiger partial charge >= 0.3 is 0 Å². The number of ether oxygens (including phenoxy) is 2. The number of carbonyl (C=O) groups is 1. The molecule has 1 amide bonds. The molecule has 0 atom stereocenters. The van der Waals surface area contributed by atoms with Crippen molar-refractivity contribution in [2.75, 3.05) is 38.2 Å². The number of amides is 1. The molecular weight excluding hydrogens is 360 g/mol. The normalized spacial score (nSPS) is 13.9. The first kappa shape index (κ1) is 19.3. The van der Waals surface area contributed by atoms with Gasteiger partial charge in [0.1, 0.15) is 10.7 Å². The van der Waals surface area contributed by atoms with Crippen LogP contribution >= 0.6 is 12.2 Å². The number of nitrogens with zero attached hydrogens (tertiary/aromatic N) is 1. The molecule has 2 aromatic rings. The number of hydrogen-bond donors (Lipinski definition) is 1. The van der Waals surface area contributed by atoms with Crippen LogP contribution in [0, 0.1) is 13.8 Å². The van der Waals surface area contributed by atoms with Gasteiger partial charge in [-0.05, 0) is 55.3 Å². The second-order valence-corrected chi connectivity index (χ2v) is 6.90. The Morgan fingerprint density at radius 3 is 2.56 bits per heavy atom. The van der Waals surface area contributed by atoms with Gasteiger partial charge in [-0.15, -0.1) is 0 Å². The number of thiocarbonyl (C=S) groups is 1. The summed E-state index contributed by atoms with van der Waals surface area (Å²) in [5.41, 5.74) is 3.99. The number of hydrogen-bond acceptors (Lipinski definition) is 4. The molecule has 0 aliphatic carbocycles. The molecule has 1 aliphatic rings. The maximum absolute atomic E-state index is 12.2. The van der Waals surface area contributed by atoms with Crippen molar-refractivity contribution >= 4 is 28.8 Å². The van der Waals surface area contributed by atoms with E-state index in [2.05, 4.69) is 10.2 Å². The zero-order valence-electron chi connectivity index (χ0n) is 15.7. The number of rotatable bonds is 5. The minimum absolute atomic E-state index is 0.0410. The lowest BCUT2D eigenvalue weighted by molar-refractivity contribution is -0.118. The third kappa shape index (κ3) is 5.05. The van der Waals surface area contributed by atoms with Crippen LogP contribution in [0.3, 0.4) is 0 Å². The second-order valence-electron chi connectivity index (χ2n) is 6.51. The Hall–Kier alpha value is -2.44. The summed E-state index contributed by atoms with van der Waals surface area (Å²) in [6, 6.07) is 13.4. The van der Waals surface area contributed by atoms with Gasteiger partial charge in [-0.1, -0.05) is 24.4 Å². The molecule has 0 aromatic heterocycles. The molecule has 0 bridgehead atoms. The summed E-state index contributed by atoms with van der Waals surface area (Å²) in [6.45, 7) is 7.01. The highest BCUT2D eigenvalue weighted by atomic mass is 32.1. The topological polar surface area (TPSA) is 50.8 Å². The Morgan fingerprint density at radius 2 is 1.85 bits per heavy atom. The minimum Gasteiger partial charge on any atom is -0.484 e. The van der Waals surface area contributed by atoms with E-state index in [4.69, 9.17) is 21.7 Å². The van der Waals surface area contributed by atoms with Crippen molar-refractivity contribution in [2.45, 2.75) is 13.8 Å². The molecule has 27 heavy (non-hydrogen) atoms. The van der Waals surface area contributed by atoms with Crippen LogP contribution in [-0.2, 0) is 9.53 Å². The summed E-state index contributed by atoms with van der Waals surface area (Å²) in [5, 5.41) is 2.89. The van der Waals surface area contributed by atoms with Crippen LogP contribution in [0.5, 0.6) is 5.75 Å². The molecule has 1 saturated heterocycles. The smallest absolute Gasteiger partial charge is 0.262 e. The lowest BCUT2D eigenvalue weighted by Crippen LogP contribution is -2.40. The Balaban J connectivity index is 1.53. The van der Waals surface area contributed by atoms with Crippen molar-refractivity contribution in [1.29, 1.82) is 0 Å². The predicted molar refractivity (Wildman–Crippen MR) is 111 cm³/mol. The van der Waals surface area contributed by atoms with Gasteiger partial charge in [-0.2, -0.15) is 0 Å². The van der Waals surface area contributed by atoms with Crippen molar-refractivity contribution < 1.29 is 14.3 Å². The largest absolute Gasteiger partial charge is 0.484 e. The molecule has 1 aliphatic heterocycles. The van der Waals surface area contributed by atoms with Crippen LogP contribution in [0.1, 0.15) is 16.7 Å². The Labute approximate surface area is 165 Å². The zero-order chi connectivity index (χ0) is 19.2. The van der Waals surface area contributed by atoms with Crippen LogP contribution in [-0.4, -0.2) is 48.7 Å². The SMILES string of the molecule is Cc1cccc(NC(=O)COc2ccc(C(=S)N3CCOCC3)cc2)c1C. The van der Waals surface area contributed by atoms with Gasteiger partial charge in [0.2, 0.25) is 0 Å². The molecule has 2 aromatic carbocycles. The van der Waals surface area contributed by atoms with E-state index >= 15 is 0 Å². The maximum atomic E-state index is 12.2. The summed E-state index contributed by atoms with van der Waals surface area (Å²) in [6.07, 6.45) is 0. The molecule has 1 N–H and O–H groups in total. The number of carbonyl (C=O) groups excluding carboxylic acids is 1. The monoisotopic (exact) mass is 384 g/mol. The first-order valence-electron chi connectivity index (χ1n) is 9.00. The third-order valence-electron chi connectivity index (χ3n) is 4.65. The fourth-order valence-corrected chi connectivity index (χ4v) is 3.18. The molecule has 0 saturated carbocycles. The fraction of sp³-hybridized carbons (Fsp3) is 0.333. The highest BCUT2D eigenvalue weighted by molar-refractivity contribution is 7.80. The number of benzene rings is 2. The van der Waals surface area contributed by atoms with Crippen LogP contribution < -0.4 is 10.1 Å². The standard InChI is InChI=1S/C21H24N2O3S/c1-15-4-3-5-19(16(15)2)22-20(24)14-26-18-8-6-17(7-9-18)21(27)23-10-12-25-13-11-23/h3-9H,10-14H2,1-2H3,(H,22,24). The molecule has 1 fully saturated rings. The lowest BCUT2D eigenvalue weighted by Gasteiger charge is -2.29. The van der Waals surface area contributed by atoms with Gasteiger partial charge in [-0.25, -0.2) is 0 Å². The zero-order valence-corrected chi connectivity index (χ0v) is 16.5. The Morgan fingerprint density at radius 1 is 1.15 bits per heavy atom. The van der Waals surface area contributed by atoms with E-state index in [0.29, 0.717) is 19.0 Å². The molecule has 5 nitrogen and oxygen atoms in total. The van der Waals surface area contributed by atoms with Gasteiger partial charge in [0.25, 0.3) is 5.91 Å².